The molecule has 4 rings (SSSR count). The summed E-state index contributed by atoms with van der Waals surface area (Å²) >= 11 is 0. The first-order valence-corrected chi connectivity index (χ1v) is 9.29. The highest BCUT2D eigenvalue weighted by atomic mass is 16.2. The zero-order chi connectivity index (χ0) is 15.8. The van der Waals surface area contributed by atoms with E-state index >= 15 is 0 Å². The number of fused-ring (bicyclic) bond motifs is 2. The van der Waals surface area contributed by atoms with Crippen LogP contribution in [0.4, 0.5) is 5.69 Å². The summed E-state index contributed by atoms with van der Waals surface area (Å²) in [4.78, 5) is 17.2. The highest BCUT2D eigenvalue weighted by molar-refractivity contribution is 5.77. The molecule has 2 bridgehead atoms. The number of nitrogens with zero attached hydrogens (tertiary/aromatic N) is 2. The van der Waals surface area contributed by atoms with Crippen LogP contribution in [-0.2, 0) is 4.79 Å². The number of benzene rings is 1. The minimum absolute atomic E-state index is 0.409. The molecule has 1 amide bonds. The van der Waals surface area contributed by atoms with Crippen LogP contribution in [0.5, 0.6) is 0 Å². The molecular formula is C20H28N2O. The molecule has 1 heterocycles. The minimum Gasteiger partial charge on any atom is -0.368 e. The van der Waals surface area contributed by atoms with Gasteiger partial charge in [-0.25, -0.2) is 0 Å². The van der Waals surface area contributed by atoms with Crippen LogP contribution in [0, 0.1) is 24.7 Å². The number of hydrogen-bond donors (Lipinski definition) is 0. The molecule has 2 saturated carbocycles. The lowest BCUT2D eigenvalue weighted by molar-refractivity contribution is -0.132. The Labute approximate surface area is 139 Å². The molecule has 0 spiro atoms. The normalized spacial score (nSPS) is 30.0. The van der Waals surface area contributed by atoms with Crippen LogP contribution < -0.4 is 4.90 Å². The Morgan fingerprint density at radius 3 is 2.52 bits per heavy atom. The Hall–Kier alpha value is -1.51. The standard InChI is InChI=1S/C20H28N2O/c1-15-4-2-3-5-19(15)21-8-10-22(11-9-21)20(23)14-18-13-16-6-7-17(18)12-16/h2-5,16-18H,6-14H2,1H3. The van der Waals surface area contributed by atoms with Crippen molar-refractivity contribution in [3.05, 3.63) is 29.8 Å². The first-order chi connectivity index (χ1) is 11.2. The van der Waals surface area contributed by atoms with Gasteiger partial charge in [-0.15, -0.1) is 0 Å². The van der Waals surface area contributed by atoms with Gasteiger partial charge in [-0.1, -0.05) is 24.6 Å². The molecule has 124 valence electrons. The molecule has 23 heavy (non-hydrogen) atoms. The highest BCUT2D eigenvalue weighted by Crippen LogP contribution is 2.49. The Morgan fingerprint density at radius 2 is 1.87 bits per heavy atom. The summed E-state index contributed by atoms with van der Waals surface area (Å²) in [6.07, 6.45) is 6.33. The fourth-order valence-corrected chi connectivity index (χ4v) is 5.09. The zero-order valence-corrected chi connectivity index (χ0v) is 14.2. The van der Waals surface area contributed by atoms with Crippen LogP contribution in [0.25, 0.3) is 0 Å². The number of aryl methyl sites for hydroxylation is 1. The van der Waals surface area contributed by atoms with Gasteiger partial charge >= 0.3 is 0 Å². The third-order valence-electron chi connectivity index (χ3n) is 6.41. The topological polar surface area (TPSA) is 23.6 Å². The van der Waals surface area contributed by atoms with E-state index in [0.717, 1.165) is 44.4 Å². The summed E-state index contributed by atoms with van der Waals surface area (Å²) < 4.78 is 0. The summed E-state index contributed by atoms with van der Waals surface area (Å²) in [6, 6.07) is 8.56. The molecule has 0 radical (unpaired) electrons. The predicted molar refractivity (Wildman–Crippen MR) is 93.5 cm³/mol. The summed E-state index contributed by atoms with van der Waals surface area (Å²) in [6.45, 7) is 5.87. The average Bonchev–Trinajstić information content (AvgIpc) is 3.18. The van der Waals surface area contributed by atoms with Gasteiger partial charge in [0.05, 0.1) is 0 Å². The monoisotopic (exact) mass is 312 g/mol. The molecule has 0 aromatic heterocycles. The average molecular weight is 312 g/mol. The van der Waals surface area contributed by atoms with E-state index in [9.17, 15) is 4.79 Å². The molecule has 2 aliphatic carbocycles. The van der Waals surface area contributed by atoms with Crippen LogP contribution >= 0.6 is 0 Å². The number of carbonyl (C=O) groups excluding carboxylic acids is 1. The van der Waals surface area contributed by atoms with Crippen molar-refractivity contribution in [1.82, 2.24) is 4.90 Å². The Balaban J connectivity index is 1.31. The summed E-state index contributed by atoms with van der Waals surface area (Å²) in [5.74, 6) is 2.90. The number of para-hydroxylation sites is 1. The van der Waals surface area contributed by atoms with Gasteiger partial charge in [0.15, 0.2) is 0 Å². The molecule has 3 unspecified atom stereocenters. The zero-order valence-electron chi connectivity index (χ0n) is 14.2. The van der Waals surface area contributed by atoms with E-state index in [2.05, 4.69) is 41.0 Å². The van der Waals surface area contributed by atoms with Gasteiger partial charge in [-0.05, 0) is 55.6 Å². The molecule has 3 atom stereocenters. The lowest BCUT2D eigenvalue weighted by atomic mass is 9.86. The van der Waals surface area contributed by atoms with Crippen LogP contribution in [0.3, 0.4) is 0 Å². The number of carbonyl (C=O) groups is 1. The van der Waals surface area contributed by atoms with Crippen molar-refractivity contribution >= 4 is 11.6 Å². The lowest BCUT2D eigenvalue weighted by Gasteiger charge is -2.37. The maximum Gasteiger partial charge on any atom is 0.222 e. The van der Waals surface area contributed by atoms with Crippen molar-refractivity contribution in [2.24, 2.45) is 17.8 Å². The van der Waals surface area contributed by atoms with Crippen molar-refractivity contribution in [2.45, 2.75) is 39.0 Å². The molecule has 3 nitrogen and oxygen atoms in total. The lowest BCUT2D eigenvalue weighted by Crippen LogP contribution is -2.49. The SMILES string of the molecule is Cc1ccccc1N1CCN(C(=O)CC2CC3CCC2C3)CC1. The van der Waals surface area contributed by atoms with Crippen molar-refractivity contribution < 1.29 is 4.79 Å². The molecule has 1 aromatic rings. The fraction of sp³-hybridized carbons (Fsp3) is 0.650. The molecule has 3 aliphatic rings. The maximum absolute atomic E-state index is 12.6. The van der Waals surface area contributed by atoms with Crippen LogP contribution in [0.15, 0.2) is 24.3 Å². The molecular weight excluding hydrogens is 284 g/mol. The molecule has 1 aromatic carbocycles. The van der Waals surface area contributed by atoms with Gasteiger partial charge in [0.2, 0.25) is 5.91 Å². The number of piperazine rings is 1. The van der Waals surface area contributed by atoms with Gasteiger partial charge in [-0.3, -0.25) is 4.79 Å². The molecule has 0 N–H and O–H groups in total. The van der Waals surface area contributed by atoms with Gasteiger partial charge in [0.1, 0.15) is 0 Å². The van der Waals surface area contributed by atoms with Crippen LogP contribution in [0.2, 0.25) is 0 Å². The largest absolute Gasteiger partial charge is 0.368 e. The number of hydrogen-bond acceptors (Lipinski definition) is 2. The van der Waals surface area contributed by atoms with E-state index in [4.69, 9.17) is 0 Å². The van der Waals surface area contributed by atoms with Crippen molar-refractivity contribution in [1.29, 1.82) is 0 Å². The van der Waals surface area contributed by atoms with E-state index in [1.54, 1.807) is 0 Å². The second kappa shape index (κ2) is 6.18. The molecule has 1 saturated heterocycles. The van der Waals surface area contributed by atoms with Crippen LogP contribution in [-0.4, -0.2) is 37.0 Å². The highest BCUT2D eigenvalue weighted by Gasteiger charge is 2.40. The summed E-state index contributed by atoms with van der Waals surface area (Å²) in [5.41, 5.74) is 2.65. The smallest absolute Gasteiger partial charge is 0.222 e. The maximum atomic E-state index is 12.6. The van der Waals surface area contributed by atoms with Crippen molar-refractivity contribution in [3.63, 3.8) is 0 Å². The van der Waals surface area contributed by atoms with Gasteiger partial charge in [-0.2, -0.15) is 0 Å². The van der Waals surface area contributed by atoms with Gasteiger partial charge < -0.3 is 9.80 Å². The third kappa shape index (κ3) is 2.98. The number of amides is 1. The fourth-order valence-electron chi connectivity index (χ4n) is 5.09. The quantitative estimate of drug-likeness (QED) is 0.853. The molecule has 3 fully saturated rings. The molecule has 3 heteroatoms. The van der Waals surface area contributed by atoms with E-state index in [1.807, 2.05) is 0 Å². The second-order valence-corrected chi connectivity index (χ2v) is 7.79. The van der Waals surface area contributed by atoms with Crippen molar-refractivity contribution in [3.8, 4) is 0 Å². The third-order valence-corrected chi connectivity index (χ3v) is 6.41. The number of anilines is 1. The van der Waals surface area contributed by atoms with Crippen molar-refractivity contribution in [2.75, 3.05) is 31.1 Å². The van der Waals surface area contributed by atoms with E-state index in [-0.39, 0.29) is 0 Å². The van der Waals surface area contributed by atoms with Crippen LogP contribution in [0.1, 0.15) is 37.7 Å². The second-order valence-electron chi connectivity index (χ2n) is 7.79. The predicted octanol–water partition coefficient (Wildman–Crippen LogP) is 3.47. The number of rotatable bonds is 3. The molecule has 1 aliphatic heterocycles. The first-order valence-electron chi connectivity index (χ1n) is 9.29. The summed E-state index contributed by atoms with van der Waals surface area (Å²) in [5, 5.41) is 0. The van der Waals surface area contributed by atoms with E-state index < -0.39 is 0 Å². The first kappa shape index (κ1) is 15.0. The van der Waals surface area contributed by atoms with E-state index in [1.165, 1.54) is 36.9 Å². The van der Waals surface area contributed by atoms with E-state index in [0.29, 0.717) is 11.8 Å². The summed E-state index contributed by atoms with van der Waals surface area (Å²) in [7, 11) is 0. The Kier molecular flexibility index (Phi) is 4.04. The van der Waals surface area contributed by atoms with Gasteiger partial charge in [0, 0.05) is 38.3 Å². The minimum atomic E-state index is 0.409. The van der Waals surface area contributed by atoms with Gasteiger partial charge in [0.25, 0.3) is 0 Å². The Bertz CT molecular complexity index is 577. The Morgan fingerprint density at radius 1 is 1.09 bits per heavy atom.